The summed E-state index contributed by atoms with van der Waals surface area (Å²) in [5.41, 5.74) is -0.566. The summed E-state index contributed by atoms with van der Waals surface area (Å²) in [6, 6.07) is 0. The molecule has 4 unspecified atom stereocenters. The Kier molecular flexibility index (Phi) is 13.9. The molecule has 2 N–H and O–H groups in total. The Morgan fingerprint density at radius 2 is 1.48 bits per heavy atom. The minimum absolute atomic E-state index is 0. The third kappa shape index (κ3) is 13.0. The Bertz CT molecular complexity index is 394. The number of β-amino-alcohol motifs (C(OH)–C–C–N with tert-alkyl or cyclic N) is 1. The van der Waals surface area contributed by atoms with Gasteiger partial charge in [-0.2, -0.15) is 0 Å². The van der Waals surface area contributed by atoms with Gasteiger partial charge in [0.05, 0.1) is 18.8 Å². The Morgan fingerprint density at radius 1 is 0.963 bits per heavy atom. The zero-order chi connectivity index (χ0) is 19.0. The van der Waals surface area contributed by atoms with Crippen LogP contribution in [0.3, 0.4) is 0 Å². The number of hydrogen-bond donors (Lipinski definition) is 2. The molecule has 0 aromatic rings. The molecule has 0 aromatic carbocycles. The van der Waals surface area contributed by atoms with Crippen molar-refractivity contribution in [3.63, 3.8) is 0 Å². The van der Waals surface area contributed by atoms with Gasteiger partial charge in [-0.3, -0.25) is 0 Å². The molecule has 7 heteroatoms. The summed E-state index contributed by atoms with van der Waals surface area (Å²) in [4.78, 5) is 13.1. The van der Waals surface area contributed by atoms with Crippen LogP contribution < -0.4 is 0 Å². The van der Waals surface area contributed by atoms with Crippen molar-refractivity contribution in [2.45, 2.75) is 111 Å². The standard InChI is InChI=1S/C11H20FNO3.C7H13FO.2CH4/c1-11(2,3)16-10(15)13-5-4-8(12)6-9(14)7-13;8-6-3-1-2-4-7(9)5-6;;/h8-9,14H,4-7H2,1-3H3;6-7,9H,1-5H2;2*1H4. The van der Waals surface area contributed by atoms with E-state index in [0.717, 1.165) is 19.3 Å². The van der Waals surface area contributed by atoms with Crippen LogP contribution in [0.4, 0.5) is 13.6 Å². The van der Waals surface area contributed by atoms with E-state index in [2.05, 4.69) is 0 Å². The fraction of sp³-hybridized carbons (Fsp3) is 0.950. The van der Waals surface area contributed by atoms with Crippen molar-refractivity contribution in [3.8, 4) is 0 Å². The maximum Gasteiger partial charge on any atom is 0.410 e. The summed E-state index contributed by atoms with van der Waals surface area (Å²) in [5, 5.41) is 18.5. The minimum atomic E-state index is -1.04. The van der Waals surface area contributed by atoms with Crippen LogP contribution >= 0.6 is 0 Å². The molecule has 1 saturated carbocycles. The van der Waals surface area contributed by atoms with Crippen molar-refractivity contribution in [3.05, 3.63) is 0 Å². The van der Waals surface area contributed by atoms with Crippen molar-refractivity contribution in [1.29, 1.82) is 0 Å². The molecule has 2 aliphatic rings. The number of nitrogens with zero attached hydrogens (tertiary/aromatic N) is 1. The number of rotatable bonds is 0. The van der Waals surface area contributed by atoms with E-state index in [9.17, 15) is 18.7 Å². The van der Waals surface area contributed by atoms with Gasteiger partial charge in [0, 0.05) is 19.4 Å². The molecule has 0 spiro atoms. The first-order valence-electron chi connectivity index (χ1n) is 9.19. The highest BCUT2D eigenvalue weighted by molar-refractivity contribution is 5.68. The summed E-state index contributed by atoms with van der Waals surface area (Å²) in [5.74, 6) is 0. The van der Waals surface area contributed by atoms with Gasteiger partial charge >= 0.3 is 6.09 Å². The fourth-order valence-corrected chi connectivity index (χ4v) is 2.90. The molecule has 1 saturated heterocycles. The number of aliphatic hydroxyl groups excluding tert-OH is 2. The van der Waals surface area contributed by atoms with Crippen LogP contribution in [0.25, 0.3) is 0 Å². The van der Waals surface area contributed by atoms with Crippen LogP contribution in [0.5, 0.6) is 0 Å². The zero-order valence-corrected chi connectivity index (χ0v) is 15.6. The van der Waals surface area contributed by atoms with Crippen LogP contribution in [0.2, 0.25) is 0 Å². The molecule has 5 nitrogen and oxygen atoms in total. The maximum atomic E-state index is 13.1. The predicted molar refractivity (Wildman–Crippen MR) is 105 cm³/mol. The maximum absolute atomic E-state index is 13.1. The molecule has 164 valence electrons. The summed E-state index contributed by atoms with van der Waals surface area (Å²) in [7, 11) is 0. The highest BCUT2D eigenvalue weighted by Gasteiger charge is 2.28. The van der Waals surface area contributed by atoms with Crippen molar-refractivity contribution in [2.24, 2.45) is 0 Å². The fourth-order valence-electron chi connectivity index (χ4n) is 2.90. The van der Waals surface area contributed by atoms with E-state index >= 15 is 0 Å². The summed E-state index contributed by atoms with van der Waals surface area (Å²) >= 11 is 0. The summed E-state index contributed by atoms with van der Waals surface area (Å²) in [6.07, 6.45) is 0.644. The van der Waals surface area contributed by atoms with Crippen molar-refractivity contribution >= 4 is 6.09 Å². The average molecular weight is 398 g/mol. The number of carbonyl (C=O) groups is 1. The number of aliphatic hydroxyl groups is 2. The van der Waals surface area contributed by atoms with Crippen LogP contribution in [0.1, 0.15) is 80.6 Å². The van der Waals surface area contributed by atoms with Crippen molar-refractivity contribution in [2.75, 3.05) is 13.1 Å². The lowest BCUT2D eigenvalue weighted by atomic mass is 10.1. The molecule has 0 radical (unpaired) electrons. The topological polar surface area (TPSA) is 70.0 Å². The van der Waals surface area contributed by atoms with Gasteiger partial charge < -0.3 is 19.8 Å². The molecule has 2 rings (SSSR count). The third-order valence-corrected chi connectivity index (χ3v) is 4.16. The molecule has 1 aliphatic carbocycles. The van der Waals surface area contributed by atoms with Crippen LogP contribution in [-0.4, -0.2) is 64.4 Å². The number of hydrogen-bond acceptors (Lipinski definition) is 4. The van der Waals surface area contributed by atoms with Gasteiger partial charge in [0.1, 0.15) is 17.9 Å². The molecule has 1 aliphatic heterocycles. The molecular formula is C20H41F2NO4. The normalized spacial score (nSPS) is 28.9. The van der Waals surface area contributed by atoms with E-state index in [1.807, 2.05) is 0 Å². The van der Waals surface area contributed by atoms with Crippen molar-refractivity contribution in [1.82, 2.24) is 4.90 Å². The second-order valence-electron chi connectivity index (χ2n) is 7.97. The number of amides is 1. The Labute approximate surface area is 164 Å². The molecule has 0 bridgehead atoms. The number of alkyl halides is 2. The van der Waals surface area contributed by atoms with Crippen molar-refractivity contribution < 1.29 is 28.5 Å². The first kappa shape index (κ1) is 28.3. The molecule has 27 heavy (non-hydrogen) atoms. The lowest BCUT2D eigenvalue weighted by Crippen LogP contribution is -2.40. The second-order valence-corrected chi connectivity index (χ2v) is 7.97. The van der Waals surface area contributed by atoms with Gasteiger partial charge in [0.15, 0.2) is 0 Å². The van der Waals surface area contributed by atoms with E-state index in [4.69, 9.17) is 9.84 Å². The van der Waals surface area contributed by atoms with Gasteiger partial charge in [-0.1, -0.05) is 27.7 Å². The average Bonchev–Trinajstić information content (AvgIpc) is 2.74. The molecule has 4 atom stereocenters. The first-order chi connectivity index (χ1) is 11.6. The minimum Gasteiger partial charge on any atom is -0.444 e. The van der Waals surface area contributed by atoms with E-state index in [1.54, 1.807) is 20.8 Å². The number of likely N-dealkylation sites (tertiary alicyclic amines) is 1. The summed E-state index contributed by atoms with van der Waals surface area (Å²) in [6.45, 7) is 5.77. The first-order valence-corrected chi connectivity index (χ1v) is 9.19. The summed E-state index contributed by atoms with van der Waals surface area (Å²) < 4.78 is 30.8. The quantitative estimate of drug-likeness (QED) is 0.584. The Hall–Kier alpha value is -0.950. The number of ether oxygens (including phenoxy) is 1. The molecule has 0 aromatic heterocycles. The Balaban J connectivity index is 0. The molecule has 1 amide bonds. The van der Waals surface area contributed by atoms with Gasteiger partial charge in [-0.15, -0.1) is 0 Å². The Morgan fingerprint density at radius 3 is 2.07 bits per heavy atom. The van der Waals surface area contributed by atoms with Gasteiger partial charge in [-0.25, -0.2) is 13.6 Å². The van der Waals surface area contributed by atoms with E-state index in [1.165, 1.54) is 4.90 Å². The van der Waals surface area contributed by atoms with Gasteiger partial charge in [0.25, 0.3) is 0 Å². The zero-order valence-electron chi connectivity index (χ0n) is 15.6. The van der Waals surface area contributed by atoms with Gasteiger partial charge in [0.2, 0.25) is 0 Å². The lowest BCUT2D eigenvalue weighted by Gasteiger charge is -2.27. The SMILES string of the molecule is C.C.CC(C)(C)OC(=O)N1CCC(F)CC(O)C1.OC1CCCCC(F)C1. The van der Waals surface area contributed by atoms with E-state index in [0.29, 0.717) is 19.4 Å². The van der Waals surface area contributed by atoms with E-state index in [-0.39, 0.29) is 40.3 Å². The van der Waals surface area contributed by atoms with Gasteiger partial charge in [-0.05, 0) is 40.0 Å². The second kappa shape index (κ2) is 13.3. The van der Waals surface area contributed by atoms with Crippen LogP contribution in [-0.2, 0) is 4.74 Å². The number of halogens is 2. The highest BCUT2D eigenvalue weighted by atomic mass is 19.1. The lowest BCUT2D eigenvalue weighted by molar-refractivity contribution is 0.0172. The largest absolute Gasteiger partial charge is 0.444 e. The number of carbonyl (C=O) groups excluding carboxylic acids is 1. The molecule has 2 fully saturated rings. The highest BCUT2D eigenvalue weighted by Crippen LogP contribution is 2.20. The van der Waals surface area contributed by atoms with E-state index < -0.39 is 30.1 Å². The van der Waals surface area contributed by atoms with Crippen LogP contribution in [0.15, 0.2) is 0 Å². The molecular weight excluding hydrogens is 356 g/mol. The third-order valence-electron chi connectivity index (χ3n) is 4.16. The predicted octanol–water partition coefficient (Wildman–Crippen LogP) is 4.64. The smallest absolute Gasteiger partial charge is 0.410 e. The molecule has 1 heterocycles. The monoisotopic (exact) mass is 397 g/mol. The van der Waals surface area contributed by atoms with Crippen LogP contribution in [0, 0.1) is 0 Å².